The van der Waals surface area contributed by atoms with Crippen LogP contribution in [0.15, 0.2) is 53.5 Å². The molecule has 1 fully saturated rings. The lowest BCUT2D eigenvalue weighted by molar-refractivity contribution is 0.409. The third-order valence-corrected chi connectivity index (χ3v) is 6.05. The highest BCUT2D eigenvalue weighted by atomic mass is 16.1. The van der Waals surface area contributed by atoms with E-state index in [4.69, 9.17) is 4.98 Å². The Balaban J connectivity index is 1.71. The average Bonchev–Trinajstić information content (AvgIpc) is 3.18. The Morgan fingerprint density at radius 1 is 1.17 bits per heavy atom. The summed E-state index contributed by atoms with van der Waals surface area (Å²) in [6, 6.07) is 14.7. The van der Waals surface area contributed by atoms with Crippen molar-refractivity contribution in [3.05, 3.63) is 64.7 Å². The molecule has 3 heterocycles. The fourth-order valence-electron chi connectivity index (χ4n) is 4.25. The Kier molecular flexibility index (Phi) is 5.67. The molecule has 0 unspecified atom stereocenters. The number of likely N-dealkylation sites (N-methyl/N-ethyl adjacent to an activating group) is 2. The van der Waals surface area contributed by atoms with Crippen molar-refractivity contribution in [1.29, 1.82) is 0 Å². The number of hydrogen-bond donors (Lipinski definition) is 0. The average molecular weight is 391 g/mol. The summed E-state index contributed by atoms with van der Waals surface area (Å²) in [6.07, 6.45) is 5.91. The maximum atomic E-state index is 13.3. The number of aromatic nitrogens is 2. The Bertz CT molecular complexity index is 1040. The zero-order valence-corrected chi connectivity index (χ0v) is 17.6. The third kappa shape index (κ3) is 3.92. The van der Waals surface area contributed by atoms with Gasteiger partial charge in [0.25, 0.3) is 5.56 Å². The van der Waals surface area contributed by atoms with Gasteiger partial charge in [-0.2, -0.15) is 0 Å². The summed E-state index contributed by atoms with van der Waals surface area (Å²) in [6.45, 7) is 4.40. The van der Waals surface area contributed by atoms with Crippen LogP contribution in [0.2, 0.25) is 0 Å². The molecular formula is C24H30N4O. The molecule has 3 aromatic rings. The van der Waals surface area contributed by atoms with Gasteiger partial charge in [-0.05, 0) is 62.7 Å². The van der Waals surface area contributed by atoms with Crippen molar-refractivity contribution in [3.8, 4) is 11.1 Å². The van der Waals surface area contributed by atoms with Gasteiger partial charge in [0.1, 0.15) is 5.65 Å². The van der Waals surface area contributed by atoms with Crippen LogP contribution in [-0.2, 0) is 6.42 Å². The fourth-order valence-corrected chi connectivity index (χ4v) is 4.25. The molecule has 0 aliphatic carbocycles. The highest BCUT2D eigenvalue weighted by Crippen LogP contribution is 2.26. The first-order chi connectivity index (χ1) is 14.1. The van der Waals surface area contributed by atoms with Gasteiger partial charge in [0, 0.05) is 31.5 Å². The predicted molar refractivity (Wildman–Crippen MR) is 120 cm³/mol. The molecule has 1 saturated heterocycles. The van der Waals surface area contributed by atoms with Gasteiger partial charge in [-0.15, -0.1) is 0 Å². The molecule has 5 nitrogen and oxygen atoms in total. The Morgan fingerprint density at radius 2 is 1.97 bits per heavy atom. The van der Waals surface area contributed by atoms with E-state index in [1.54, 1.807) is 10.6 Å². The molecule has 0 saturated carbocycles. The van der Waals surface area contributed by atoms with E-state index >= 15 is 0 Å². The zero-order valence-electron chi connectivity index (χ0n) is 17.6. The van der Waals surface area contributed by atoms with Crippen LogP contribution in [0.5, 0.6) is 0 Å². The van der Waals surface area contributed by atoms with Gasteiger partial charge in [-0.1, -0.05) is 31.5 Å². The van der Waals surface area contributed by atoms with Crippen LogP contribution >= 0.6 is 0 Å². The fraction of sp³-hybridized carbons (Fsp3) is 0.417. The molecule has 0 radical (unpaired) electrons. The van der Waals surface area contributed by atoms with Crippen LogP contribution < -0.4 is 10.5 Å². The summed E-state index contributed by atoms with van der Waals surface area (Å²) in [7, 11) is 4.34. The van der Waals surface area contributed by atoms with Crippen molar-refractivity contribution in [2.45, 2.75) is 38.6 Å². The first-order valence-corrected chi connectivity index (χ1v) is 10.6. The topological polar surface area (TPSA) is 40.9 Å². The van der Waals surface area contributed by atoms with Gasteiger partial charge in [0.15, 0.2) is 0 Å². The largest absolute Gasteiger partial charge is 0.370 e. The maximum absolute atomic E-state index is 13.3. The lowest BCUT2D eigenvalue weighted by Gasteiger charge is -2.26. The Hall–Kier alpha value is -2.66. The van der Waals surface area contributed by atoms with Crippen molar-refractivity contribution in [1.82, 2.24) is 14.3 Å². The Labute approximate surface area is 172 Å². The number of benzene rings is 1. The number of fused-ring (bicyclic) bond motifs is 1. The van der Waals surface area contributed by atoms with E-state index in [0.717, 1.165) is 49.2 Å². The monoisotopic (exact) mass is 390 g/mol. The summed E-state index contributed by atoms with van der Waals surface area (Å²) in [5.74, 6) is 0. The second kappa shape index (κ2) is 8.37. The minimum Gasteiger partial charge on any atom is -0.370 e. The van der Waals surface area contributed by atoms with Crippen LogP contribution in [0.3, 0.4) is 0 Å². The number of rotatable bonds is 6. The maximum Gasteiger partial charge on any atom is 0.265 e. The van der Waals surface area contributed by atoms with Gasteiger partial charge in [-0.3, -0.25) is 9.20 Å². The smallest absolute Gasteiger partial charge is 0.265 e. The first-order valence-electron chi connectivity index (χ1n) is 10.6. The molecule has 1 aliphatic rings. The molecule has 4 rings (SSSR count). The van der Waals surface area contributed by atoms with Gasteiger partial charge in [0.05, 0.1) is 11.3 Å². The molecule has 152 valence electrons. The van der Waals surface area contributed by atoms with Gasteiger partial charge in [0.2, 0.25) is 0 Å². The number of pyridine rings is 1. The van der Waals surface area contributed by atoms with Crippen LogP contribution in [-0.4, -0.2) is 47.5 Å². The van der Waals surface area contributed by atoms with Gasteiger partial charge >= 0.3 is 0 Å². The second-order valence-electron chi connectivity index (χ2n) is 8.13. The molecule has 0 amide bonds. The Morgan fingerprint density at radius 3 is 2.66 bits per heavy atom. The number of anilines is 1. The number of likely N-dealkylation sites (tertiary alicyclic amines) is 1. The molecule has 5 heteroatoms. The molecule has 2 aromatic heterocycles. The highest BCUT2D eigenvalue weighted by molar-refractivity contribution is 5.69. The molecule has 29 heavy (non-hydrogen) atoms. The van der Waals surface area contributed by atoms with E-state index in [2.05, 4.69) is 55.1 Å². The number of nitrogens with zero attached hydrogens (tertiary/aromatic N) is 4. The van der Waals surface area contributed by atoms with Gasteiger partial charge in [-0.25, -0.2) is 4.98 Å². The standard InChI is InChI=1S/C24H30N4O/c1-4-5-8-21-23(24(29)28-15-7-6-9-22(28)25-21)18-10-12-19(13-11-18)27(3)20-14-16-26(2)17-20/h6-7,9-13,15,20H,4-5,8,14,16-17H2,1-3H3/t20-/m1/s1. The third-order valence-electron chi connectivity index (χ3n) is 6.05. The summed E-state index contributed by atoms with van der Waals surface area (Å²) in [5, 5.41) is 0. The van der Waals surface area contributed by atoms with Crippen molar-refractivity contribution in [2.24, 2.45) is 0 Å². The molecule has 0 spiro atoms. The van der Waals surface area contributed by atoms with E-state index in [9.17, 15) is 4.79 Å². The summed E-state index contributed by atoms with van der Waals surface area (Å²) in [4.78, 5) is 22.8. The van der Waals surface area contributed by atoms with E-state index in [0.29, 0.717) is 11.7 Å². The summed E-state index contributed by atoms with van der Waals surface area (Å²) in [5.41, 5.74) is 4.51. The van der Waals surface area contributed by atoms with Crippen LogP contribution in [0.1, 0.15) is 31.9 Å². The van der Waals surface area contributed by atoms with E-state index in [1.807, 2.05) is 18.2 Å². The van der Waals surface area contributed by atoms with E-state index < -0.39 is 0 Å². The number of hydrogen-bond acceptors (Lipinski definition) is 4. The molecule has 1 aromatic carbocycles. The van der Waals surface area contributed by atoms with Gasteiger partial charge < -0.3 is 9.80 Å². The first kappa shape index (κ1) is 19.6. The van der Waals surface area contributed by atoms with Crippen molar-refractivity contribution in [2.75, 3.05) is 32.1 Å². The predicted octanol–water partition coefficient (Wildman–Crippen LogP) is 3.84. The van der Waals surface area contributed by atoms with Crippen molar-refractivity contribution in [3.63, 3.8) is 0 Å². The van der Waals surface area contributed by atoms with Crippen LogP contribution in [0.25, 0.3) is 16.8 Å². The van der Waals surface area contributed by atoms with E-state index in [1.165, 1.54) is 12.1 Å². The normalized spacial score (nSPS) is 17.1. The lowest BCUT2D eigenvalue weighted by Crippen LogP contribution is -2.33. The van der Waals surface area contributed by atoms with Crippen LogP contribution in [0.4, 0.5) is 5.69 Å². The summed E-state index contributed by atoms with van der Waals surface area (Å²) < 4.78 is 1.65. The molecule has 1 atom stereocenters. The number of unbranched alkanes of at least 4 members (excludes halogenated alkanes) is 1. The zero-order chi connectivity index (χ0) is 20.4. The molecule has 0 bridgehead atoms. The van der Waals surface area contributed by atoms with E-state index in [-0.39, 0.29) is 5.56 Å². The lowest BCUT2D eigenvalue weighted by atomic mass is 10.0. The SMILES string of the molecule is CCCCc1nc2ccccn2c(=O)c1-c1ccc(N(C)[C@@H]2CCN(C)C2)cc1. The van der Waals surface area contributed by atoms with Crippen molar-refractivity contribution < 1.29 is 0 Å². The molecule has 0 N–H and O–H groups in total. The number of aryl methyl sites for hydroxylation is 1. The minimum atomic E-state index is 0.0141. The molecular weight excluding hydrogens is 360 g/mol. The highest BCUT2D eigenvalue weighted by Gasteiger charge is 2.23. The second-order valence-corrected chi connectivity index (χ2v) is 8.13. The minimum absolute atomic E-state index is 0.0141. The molecule has 1 aliphatic heterocycles. The summed E-state index contributed by atoms with van der Waals surface area (Å²) >= 11 is 0. The van der Waals surface area contributed by atoms with Crippen LogP contribution in [0, 0.1) is 0 Å². The quantitative estimate of drug-likeness (QED) is 0.641. The van der Waals surface area contributed by atoms with Crippen molar-refractivity contribution >= 4 is 11.3 Å².